The summed E-state index contributed by atoms with van der Waals surface area (Å²) in [6.07, 6.45) is 4.71. The Balaban J connectivity index is 0.00000182. The topological polar surface area (TPSA) is 80.5 Å². The quantitative estimate of drug-likeness (QED) is 0.682. The zero-order valence-electron chi connectivity index (χ0n) is 15.9. The third-order valence-electron chi connectivity index (χ3n) is 5.22. The molecule has 2 aliphatic rings. The molecule has 0 bridgehead atoms. The van der Waals surface area contributed by atoms with Gasteiger partial charge in [0.15, 0.2) is 0 Å². The molecule has 2 aliphatic heterocycles. The Kier molecular flexibility index (Phi) is 11.1. The maximum Gasteiger partial charge on any atom is 0.249 e. The van der Waals surface area contributed by atoms with Gasteiger partial charge in [-0.2, -0.15) is 0 Å². The number of nitrogens with two attached hydrogens (primary N) is 1. The van der Waals surface area contributed by atoms with Gasteiger partial charge in [0.25, 0.3) is 0 Å². The number of nitrogens with zero attached hydrogens (tertiary/aromatic N) is 2. The largest absolute Gasteiger partial charge is 0.364 e. The van der Waals surface area contributed by atoms with E-state index in [0.29, 0.717) is 12.5 Å². The fraction of sp³-hybridized carbons (Fsp3) is 0.778. The van der Waals surface area contributed by atoms with E-state index in [-0.39, 0.29) is 42.9 Å². The third-order valence-corrected chi connectivity index (χ3v) is 6.26. The van der Waals surface area contributed by atoms with Crippen LogP contribution >= 0.6 is 36.2 Å². The van der Waals surface area contributed by atoms with Crippen molar-refractivity contribution in [1.29, 1.82) is 0 Å². The highest BCUT2D eigenvalue weighted by Gasteiger charge is 2.30. The molecule has 0 unspecified atom stereocenters. The molecule has 1 aromatic rings. The molecule has 1 amide bonds. The summed E-state index contributed by atoms with van der Waals surface area (Å²) in [5.74, 6) is 0.599. The van der Waals surface area contributed by atoms with Crippen molar-refractivity contribution in [1.82, 2.24) is 15.2 Å². The SMILES string of the molecule is CCc1nc(CN2CCC(CNC(=O)[C@@H]3CC[C@H](CN)O3)CC2)cs1.Cl.Cl. The highest BCUT2D eigenvalue weighted by Crippen LogP contribution is 2.21. The molecule has 156 valence electrons. The first-order chi connectivity index (χ1) is 12.2. The predicted molar refractivity (Wildman–Crippen MR) is 114 cm³/mol. The third kappa shape index (κ3) is 7.15. The van der Waals surface area contributed by atoms with Crippen LogP contribution in [-0.2, 0) is 22.5 Å². The van der Waals surface area contributed by atoms with Crippen LogP contribution in [0.25, 0.3) is 0 Å². The number of carbonyl (C=O) groups is 1. The van der Waals surface area contributed by atoms with Crippen molar-refractivity contribution in [3.63, 3.8) is 0 Å². The number of hydrogen-bond donors (Lipinski definition) is 2. The highest BCUT2D eigenvalue weighted by atomic mass is 35.5. The minimum absolute atomic E-state index is 0. The number of hydrogen-bond acceptors (Lipinski definition) is 6. The lowest BCUT2D eigenvalue weighted by Crippen LogP contribution is -2.41. The van der Waals surface area contributed by atoms with Crippen LogP contribution in [0.2, 0.25) is 0 Å². The van der Waals surface area contributed by atoms with Crippen molar-refractivity contribution in [3.05, 3.63) is 16.1 Å². The number of halogens is 2. The minimum atomic E-state index is -0.300. The second-order valence-corrected chi connectivity index (χ2v) is 8.05. The standard InChI is InChI=1S/C18H30N4O2S.2ClH/c1-2-17-21-14(12-25-17)11-22-7-5-13(6-8-22)10-20-18(23)16-4-3-15(9-19)24-16;;/h12-13,15-16H,2-11,19H2,1H3,(H,20,23);2*1H/t15-,16+;;/m1../s1. The number of ether oxygens (including phenoxy) is 1. The monoisotopic (exact) mass is 438 g/mol. The Hall–Kier alpha value is -0.440. The summed E-state index contributed by atoms with van der Waals surface area (Å²) >= 11 is 1.76. The molecule has 0 spiro atoms. The van der Waals surface area contributed by atoms with E-state index in [1.54, 1.807) is 11.3 Å². The Morgan fingerprint density at radius 1 is 1.33 bits per heavy atom. The van der Waals surface area contributed by atoms with Gasteiger partial charge in [-0.15, -0.1) is 36.2 Å². The average Bonchev–Trinajstić information content (AvgIpc) is 3.30. The lowest BCUT2D eigenvalue weighted by atomic mass is 9.96. The molecule has 2 saturated heterocycles. The Morgan fingerprint density at radius 2 is 2.07 bits per heavy atom. The van der Waals surface area contributed by atoms with Gasteiger partial charge in [0.2, 0.25) is 5.91 Å². The summed E-state index contributed by atoms with van der Waals surface area (Å²) in [5, 5.41) is 6.48. The minimum Gasteiger partial charge on any atom is -0.364 e. The van der Waals surface area contributed by atoms with E-state index in [1.807, 2.05) is 0 Å². The summed E-state index contributed by atoms with van der Waals surface area (Å²) < 4.78 is 5.66. The highest BCUT2D eigenvalue weighted by molar-refractivity contribution is 7.09. The van der Waals surface area contributed by atoms with E-state index in [0.717, 1.165) is 58.3 Å². The number of amides is 1. The fourth-order valence-electron chi connectivity index (χ4n) is 3.59. The van der Waals surface area contributed by atoms with E-state index in [1.165, 1.54) is 10.7 Å². The van der Waals surface area contributed by atoms with E-state index in [9.17, 15) is 4.79 Å². The number of piperidine rings is 1. The van der Waals surface area contributed by atoms with Crippen LogP contribution in [0.3, 0.4) is 0 Å². The first kappa shape index (κ1) is 24.6. The molecule has 0 aromatic carbocycles. The van der Waals surface area contributed by atoms with Crippen molar-refractivity contribution in [2.45, 2.75) is 57.8 Å². The Bertz CT molecular complexity index is 567. The summed E-state index contributed by atoms with van der Waals surface area (Å²) in [5.41, 5.74) is 6.80. The number of rotatable bonds is 7. The number of aryl methyl sites for hydroxylation is 1. The summed E-state index contributed by atoms with van der Waals surface area (Å²) in [6.45, 7) is 6.52. The summed E-state index contributed by atoms with van der Waals surface area (Å²) in [4.78, 5) is 19.3. The van der Waals surface area contributed by atoms with Crippen molar-refractivity contribution >= 4 is 42.1 Å². The van der Waals surface area contributed by atoms with Gasteiger partial charge in [0.05, 0.1) is 16.8 Å². The van der Waals surface area contributed by atoms with E-state index in [4.69, 9.17) is 10.5 Å². The second-order valence-electron chi connectivity index (χ2n) is 7.11. The van der Waals surface area contributed by atoms with Crippen molar-refractivity contribution in [2.24, 2.45) is 11.7 Å². The van der Waals surface area contributed by atoms with Gasteiger partial charge >= 0.3 is 0 Å². The van der Waals surface area contributed by atoms with Gasteiger partial charge in [0.1, 0.15) is 6.10 Å². The number of aromatic nitrogens is 1. The summed E-state index contributed by atoms with van der Waals surface area (Å²) in [7, 11) is 0. The normalized spacial score (nSPS) is 23.5. The molecule has 27 heavy (non-hydrogen) atoms. The Morgan fingerprint density at radius 3 is 2.67 bits per heavy atom. The molecule has 3 heterocycles. The molecule has 6 nitrogen and oxygen atoms in total. The lowest BCUT2D eigenvalue weighted by molar-refractivity contribution is -0.132. The molecule has 9 heteroatoms. The first-order valence-corrected chi connectivity index (χ1v) is 10.3. The fourth-order valence-corrected chi connectivity index (χ4v) is 4.33. The molecule has 0 saturated carbocycles. The smallest absolute Gasteiger partial charge is 0.249 e. The van der Waals surface area contributed by atoms with Crippen molar-refractivity contribution in [3.8, 4) is 0 Å². The summed E-state index contributed by atoms with van der Waals surface area (Å²) in [6, 6.07) is 0. The van der Waals surface area contributed by atoms with Gasteiger partial charge in [0, 0.05) is 25.0 Å². The molecule has 2 atom stereocenters. The van der Waals surface area contributed by atoms with Gasteiger partial charge in [-0.25, -0.2) is 4.98 Å². The van der Waals surface area contributed by atoms with Crippen LogP contribution in [0.15, 0.2) is 5.38 Å². The molecule has 2 fully saturated rings. The van der Waals surface area contributed by atoms with E-state index >= 15 is 0 Å². The number of nitrogens with one attached hydrogen (secondary N) is 1. The van der Waals surface area contributed by atoms with Gasteiger partial charge in [-0.1, -0.05) is 6.92 Å². The van der Waals surface area contributed by atoms with Crippen molar-refractivity contribution in [2.75, 3.05) is 26.2 Å². The number of likely N-dealkylation sites (tertiary alicyclic amines) is 1. The van der Waals surface area contributed by atoms with Crippen LogP contribution < -0.4 is 11.1 Å². The van der Waals surface area contributed by atoms with Crippen LogP contribution in [0.5, 0.6) is 0 Å². The zero-order valence-corrected chi connectivity index (χ0v) is 18.3. The van der Waals surface area contributed by atoms with Crippen LogP contribution in [0.1, 0.15) is 43.3 Å². The van der Waals surface area contributed by atoms with Gasteiger partial charge in [-0.05, 0) is 51.1 Å². The second kappa shape index (κ2) is 12.2. The molecular formula is C18H32Cl2N4O2S. The number of thiazole rings is 1. The lowest BCUT2D eigenvalue weighted by Gasteiger charge is -2.31. The van der Waals surface area contributed by atoms with Gasteiger partial charge in [-0.3, -0.25) is 9.69 Å². The molecule has 3 rings (SSSR count). The van der Waals surface area contributed by atoms with Crippen LogP contribution in [0.4, 0.5) is 0 Å². The Labute approximate surface area is 178 Å². The zero-order chi connectivity index (χ0) is 17.6. The number of carbonyl (C=O) groups excluding carboxylic acids is 1. The maximum absolute atomic E-state index is 12.2. The molecule has 1 aromatic heterocycles. The molecule has 0 radical (unpaired) electrons. The first-order valence-electron chi connectivity index (χ1n) is 9.46. The van der Waals surface area contributed by atoms with Crippen LogP contribution in [0, 0.1) is 5.92 Å². The molecular weight excluding hydrogens is 407 g/mol. The molecule has 3 N–H and O–H groups in total. The van der Waals surface area contributed by atoms with E-state index in [2.05, 4.69) is 27.5 Å². The maximum atomic E-state index is 12.2. The molecule has 0 aliphatic carbocycles. The predicted octanol–water partition coefficient (Wildman–Crippen LogP) is 2.38. The van der Waals surface area contributed by atoms with E-state index < -0.39 is 0 Å². The average molecular weight is 439 g/mol. The van der Waals surface area contributed by atoms with Crippen LogP contribution in [-0.4, -0.2) is 54.2 Å². The van der Waals surface area contributed by atoms with Crippen molar-refractivity contribution < 1.29 is 9.53 Å². The van der Waals surface area contributed by atoms with Gasteiger partial charge < -0.3 is 15.8 Å².